The van der Waals surface area contributed by atoms with Crippen molar-refractivity contribution in [1.82, 2.24) is 0 Å². The number of ether oxygens (including phenoxy) is 2. The molecule has 0 bridgehead atoms. The number of methoxy groups -OCH3 is 1. The summed E-state index contributed by atoms with van der Waals surface area (Å²) < 4.78 is 11.4. The maximum Gasteiger partial charge on any atom is 0.266 e. The van der Waals surface area contributed by atoms with Gasteiger partial charge in [-0.3, -0.25) is 4.79 Å². The lowest BCUT2D eigenvalue weighted by Crippen LogP contribution is -2.14. The highest BCUT2D eigenvalue weighted by Crippen LogP contribution is 2.30. The quantitative estimate of drug-likeness (QED) is 0.386. The minimum atomic E-state index is -0.458. The molecule has 3 aromatic carbocycles. The first-order chi connectivity index (χ1) is 15.4. The van der Waals surface area contributed by atoms with Crippen LogP contribution in [0.5, 0.6) is 11.5 Å². The Morgan fingerprint density at radius 3 is 2.47 bits per heavy atom. The van der Waals surface area contributed by atoms with Crippen LogP contribution in [0, 0.1) is 32.1 Å². The first kappa shape index (κ1) is 22.6. The van der Waals surface area contributed by atoms with Crippen LogP contribution in [-0.4, -0.2) is 13.0 Å². The lowest BCUT2D eigenvalue weighted by Gasteiger charge is -2.12. The molecule has 0 heterocycles. The number of hydrogen-bond acceptors (Lipinski definition) is 4. The number of rotatable bonds is 7. The number of nitriles is 1. The molecule has 3 aromatic rings. The van der Waals surface area contributed by atoms with E-state index in [1.54, 1.807) is 25.3 Å². The van der Waals surface area contributed by atoms with Gasteiger partial charge in [0.25, 0.3) is 5.91 Å². The Morgan fingerprint density at radius 2 is 1.78 bits per heavy atom. The molecule has 0 aliphatic carbocycles. The van der Waals surface area contributed by atoms with E-state index in [4.69, 9.17) is 9.47 Å². The predicted octanol–water partition coefficient (Wildman–Crippen LogP) is 5.75. The zero-order valence-corrected chi connectivity index (χ0v) is 18.7. The van der Waals surface area contributed by atoms with Crippen LogP contribution in [0.4, 0.5) is 5.69 Å². The summed E-state index contributed by atoms with van der Waals surface area (Å²) in [5, 5.41) is 12.4. The van der Waals surface area contributed by atoms with Crippen molar-refractivity contribution in [3.63, 3.8) is 0 Å². The highest BCUT2D eigenvalue weighted by Gasteiger charge is 2.13. The van der Waals surface area contributed by atoms with Crippen LogP contribution in [0.3, 0.4) is 0 Å². The zero-order valence-electron chi connectivity index (χ0n) is 18.7. The van der Waals surface area contributed by atoms with Gasteiger partial charge in [-0.15, -0.1) is 0 Å². The Kier molecular flexibility index (Phi) is 7.30. The number of benzene rings is 3. The summed E-state index contributed by atoms with van der Waals surface area (Å²) in [6.07, 6.45) is 1.53. The Balaban J connectivity index is 1.77. The van der Waals surface area contributed by atoms with Gasteiger partial charge in [-0.25, -0.2) is 0 Å². The van der Waals surface area contributed by atoms with Gasteiger partial charge in [0.05, 0.1) is 7.11 Å². The van der Waals surface area contributed by atoms with Crippen molar-refractivity contribution in [3.05, 3.63) is 94.1 Å². The molecule has 0 spiro atoms. The number of anilines is 1. The van der Waals surface area contributed by atoms with Gasteiger partial charge in [0.1, 0.15) is 18.2 Å². The standard InChI is InChI=1S/C27H26N2O3/c1-18-8-10-21(11-9-18)17-32-25-13-12-22(15-26(25)31-4)14-23(16-28)27(30)29-24-7-5-6-19(2)20(24)3/h5-15H,17H2,1-4H3,(H,29,30)/b23-14-. The van der Waals surface area contributed by atoms with Gasteiger partial charge in [0.15, 0.2) is 11.5 Å². The highest BCUT2D eigenvalue weighted by atomic mass is 16.5. The summed E-state index contributed by atoms with van der Waals surface area (Å²) in [6.45, 7) is 6.35. The van der Waals surface area contributed by atoms with Crippen LogP contribution < -0.4 is 14.8 Å². The summed E-state index contributed by atoms with van der Waals surface area (Å²) in [6, 6.07) is 21.1. The molecular formula is C27H26N2O3. The van der Waals surface area contributed by atoms with Gasteiger partial charge >= 0.3 is 0 Å². The van der Waals surface area contributed by atoms with Crippen LogP contribution in [-0.2, 0) is 11.4 Å². The fourth-order valence-electron chi connectivity index (χ4n) is 3.13. The van der Waals surface area contributed by atoms with E-state index in [-0.39, 0.29) is 5.57 Å². The lowest BCUT2D eigenvalue weighted by molar-refractivity contribution is -0.112. The fourth-order valence-corrected chi connectivity index (χ4v) is 3.13. The number of amides is 1. The molecule has 1 amide bonds. The topological polar surface area (TPSA) is 71.3 Å². The van der Waals surface area contributed by atoms with E-state index < -0.39 is 5.91 Å². The molecule has 0 aliphatic heterocycles. The summed E-state index contributed by atoms with van der Waals surface area (Å²) in [5.74, 6) is 0.654. The van der Waals surface area contributed by atoms with Crippen molar-refractivity contribution in [1.29, 1.82) is 5.26 Å². The third-order valence-electron chi connectivity index (χ3n) is 5.23. The van der Waals surface area contributed by atoms with Crippen molar-refractivity contribution in [2.24, 2.45) is 0 Å². The number of carbonyl (C=O) groups excluding carboxylic acids is 1. The molecule has 0 atom stereocenters. The summed E-state index contributed by atoms with van der Waals surface area (Å²) in [4.78, 5) is 12.7. The molecule has 0 fully saturated rings. The second kappa shape index (κ2) is 10.3. The number of nitrogens with zero attached hydrogens (tertiary/aromatic N) is 1. The summed E-state index contributed by atoms with van der Waals surface area (Å²) in [7, 11) is 1.56. The molecule has 0 radical (unpaired) electrons. The first-order valence-corrected chi connectivity index (χ1v) is 10.3. The summed E-state index contributed by atoms with van der Waals surface area (Å²) >= 11 is 0. The van der Waals surface area contributed by atoms with E-state index >= 15 is 0 Å². The van der Waals surface area contributed by atoms with E-state index in [2.05, 4.69) is 5.32 Å². The normalized spacial score (nSPS) is 10.9. The van der Waals surface area contributed by atoms with Gasteiger partial charge in [-0.05, 0) is 67.3 Å². The van der Waals surface area contributed by atoms with Crippen molar-refractivity contribution in [2.45, 2.75) is 27.4 Å². The van der Waals surface area contributed by atoms with E-state index in [9.17, 15) is 10.1 Å². The predicted molar refractivity (Wildman–Crippen MR) is 127 cm³/mol. The van der Waals surface area contributed by atoms with Gasteiger partial charge in [0, 0.05) is 5.69 Å². The molecule has 5 heteroatoms. The van der Waals surface area contributed by atoms with Crippen LogP contribution >= 0.6 is 0 Å². The summed E-state index contributed by atoms with van der Waals surface area (Å²) in [5.41, 5.74) is 5.63. The number of nitrogens with one attached hydrogen (secondary N) is 1. The van der Waals surface area contributed by atoms with E-state index in [1.807, 2.05) is 69.3 Å². The number of hydrogen-bond donors (Lipinski definition) is 1. The average Bonchev–Trinajstić information content (AvgIpc) is 2.80. The molecule has 1 N–H and O–H groups in total. The van der Waals surface area contributed by atoms with Crippen molar-refractivity contribution in [2.75, 3.05) is 12.4 Å². The van der Waals surface area contributed by atoms with Gasteiger partial charge in [-0.2, -0.15) is 5.26 Å². The van der Waals surface area contributed by atoms with Gasteiger partial charge < -0.3 is 14.8 Å². The van der Waals surface area contributed by atoms with E-state index in [0.29, 0.717) is 29.4 Å². The van der Waals surface area contributed by atoms with Crippen LogP contribution in [0.15, 0.2) is 66.2 Å². The minimum absolute atomic E-state index is 0.00119. The average molecular weight is 427 g/mol. The Labute approximate surface area is 188 Å². The molecule has 0 aliphatic rings. The largest absolute Gasteiger partial charge is 0.493 e. The molecule has 32 heavy (non-hydrogen) atoms. The third kappa shape index (κ3) is 5.55. The maximum atomic E-state index is 12.7. The van der Waals surface area contributed by atoms with Crippen molar-refractivity contribution in [3.8, 4) is 17.6 Å². The maximum absolute atomic E-state index is 12.7. The molecule has 3 rings (SSSR count). The first-order valence-electron chi connectivity index (χ1n) is 10.3. The fraction of sp³-hybridized carbons (Fsp3) is 0.185. The van der Waals surface area contributed by atoms with Crippen molar-refractivity contribution < 1.29 is 14.3 Å². The molecular weight excluding hydrogens is 400 g/mol. The second-order valence-electron chi connectivity index (χ2n) is 7.56. The van der Waals surface area contributed by atoms with Gasteiger partial charge in [-0.1, -0.05) is 48.0 Å². The molecule has 0 aromatic heterocycles. The second-order valence-corrected chi connectivity index (χ2v) is 7.56. The molecule has 0 unspecified atom stereocenters. The van der Waals surface area contributed by atoms with E-state index in [1.165, 1.54) is 11.6 Å². The van der Waals surface area contributed by atoms with E-state index in [0.717, 1.165) is 16.7 Å². The lowest BCUT2D eigenvalue weighted by atomic mass is 10.1. The molecule has 162 valence electrons. The Morgan fingerprint density at radius 1 is 1.03 bits per heavy atom. The SMILES string of the molecule is COc1cc(/C=C(/C#N)C(=O)Nc2cccc(C)c2C)ccc1OCc1ccc(C)cc1. The Bertz CT molecular complexity index is 1190. The molecule has 0 saturated heterocycles. The monoisotopic (exact) mass is 426 g/mol. The smallest absolute Gasteiger partial charge is 0.266 e. The highest BCUT2D eigenvalue weighted by molar-refractivity contribution is 6.10. The Hall–Kier alpha value is -4.04. The van der Waals surface area contributed by atoms with Crippen LogP contribution in [0.1, 0.15) is 27.8 Å². The van der Waals surface area contributed by atoms with Gasteiger partial charge in [0.2, 0.25) is 0 Å². The number of aryl methyl sites for hydroxylation is 2. The van der Waals surface area contributed by atoms with Crippen molar-refractivity contribution >= 4 is 17.7 Å². The molecule has 5 nitrogen and oxygen atoms in total. The minimum Gasteiger partial charge on any atom is -0.493 e. The third-order valence-corrected chi connectivity index (χ3v) is 5.23. The van der Waals surface area contributed by atoms with Crippen LogP contribution in [0.25, 0.3) is 6.08 Å². The number of carbonyl (C=O) groups is 1. The van der Waals surface area contributed by atoms with Crippen LogP contribution in [0.2, 0.25) is 0 Å². The molecule has 0 saturated carbocycles. The zero-order chi connectivity index (χ0) is 23.1.